The van der Waals surface area contributed by atoms with Crippen molar-refractivity contribution in [1.29, 1.82) is 0 Å². The second kappa shape index (κ2) is 15.6. The number of benzene rings is 6. The van der Waals surface area contributed by atoms with E-state index in [-0.39, 0.29) is 5.97 Å². The Kier molecular flexibility index (Phi) is 10.5. The van der Waals surface area contributed by atoms with Gasteiger partial charge < -0.3 is 14.4 Å². The first-order valence-corrected chi connectivity index (χ1v) is 16.5. The van der Waals surface area contributed by atoms with Gasteiger partial charge in [-0.15, -0.1) is 0 Å². The summed E-state index contributed by atoms with van der Waals surface area (Å²) in [6.45, 7) is 7.33. The fraction of sp³-hybridized carbons (Fsp3) is 0.0667. The van der Waals surface area contributed by atoms with E-state index in [1.54, 1.807) is 31.2 Å². The van der Waals surface area contributed by atoms with Gasteiger partial charge in [-0.25, -0.2) is 4.79 Å². The van der Waals surface area contributed by atoms with Crippen LogP contribution in [0.15, 0.2) is 164 Å². The van der Waals surface area contributed by atoms with E-state index in [1.807, 2.05) is 30.3 Å². The molecular formula is C45H37NO4. The van der Waals surface area contributed by atoms with Crippen molar-refractivity contribution in [2.75, 3.05) is 4.90 Å². The van der Waals surface area contributed by atoms with Crippen molar-refractivity contribution in [1.82, 2.24) is 0 Å². The number of anilines is 3. The number of carbonyl (C=O) groups excluding carboxylic acids is 2. The van der Waals surface area contributed by atoms with E-state index in [0.717, 1.165) is 51.0 Å². The monoisotopic (exact) mass is 655 g/mol. The second-order valence-corrected chi connectivity index (χ2v) is 11.7. The number of rotatable bonds is 11. The van der Waals surface area contributed by atoms with Crippen LogP contribution in [0, 0.1) is 6.92 Å². The van der Waals surface area contributed by atoms with Crippen molar-refractivity contribution in [3.05, 3.63) is 187 Å². The van der Waals surface area contributed by atoms with Crippen LogP contribution in [0.3, 0.4) is 0 Å². The summed E-state index contributed by atoms with van der Waals surface area (Å²) in [5.74, 6) is 0.115. The summed E-state index contributed by atoms with van der Waals surface area (Å²) in [4.78, 5) is 25.9. The average Bonchev–Trinajstić information content (AvgIpc) is 3.16. The van der Waals surface area contributed by atoms with Gasteiger partial charge in [-0.3, -0.25) is 4.79 Å². The van der Waals surface area contributed by atoms with E-state index in [2.05, 4.69) is 122 Å². The number of nitrogens with zero attached hydrogens (tertiary/aromatic N) is 1. The molecule has 0 bridgehead atoms. The Labute approximate surface area is 293 Å². The summed E-state index contributed by atoms with van der Waals surface area (Å²) in [6, 6.07) is 50.8. The number of carbonyl (C=O) groups is 2. The Bertz CT molecular complexity index is 2100. The molecule has 0 N–H and O–H groups in total. The van der Waals surface area contributed by atoms with E-state index in [0.29, 0.717) is 17.9 Å². The van der Waals surface area contributed by atoms with Gasteiger partial charge >= 0.3 is 11.9 Å². The Morgan fingerprint density at radius 1 is 0.600 bits per heavy atom. The van der Waals surface area contributed by atoms with Crippen LogP contribution < -0.4 is 14.4 Å². The highest BCUT2D eigenvalue weighted by molar-refractivity contribution is 5.92. The molecule has 6 rings (SSSR count). The third-order valence-corrected chi connectivity index (χ3v) is 8.22. The van der Waals surface area contributed by atoms with Crippen LogP contribution in [0.2, 0.25) is 0 Å². The van der Waals surface area contributed by atoms with Crippen molar-refractivity contribution >= 4 is 40.6 Å². The molecule has 6 aromatic rings. The first-order chi connectivity index (χ1) is 24.4. The Morgan fingerprint density at radius 3 is 1.60 bits per heavy atom. The smallest absolute Gasteiger partial charge is 0.335 e. The molecule has 50 heavy (non-hydrogen) atoms. The van der Waals surface area contributed by atoms with Crippen LogP contribution in [0.25, 0.3) is 22.8 Å². The zero-order chi connectivity index (χ0) is 34.9. The molecule has 0 aliphatic carbocycles. The van der Waals surface area contributed by atoms with Gasteiger partial charge in [0.05, 0.1) is 0 Å². The molecule has 0 saturated heterocycles. The van der Waals surface area contributed by atoms with Crippen molar-refractivity contribution in [3.8, 4) is 22.6 Å². The lowest BCUT2D eigenvalue weighted by molar-refractivity contribution is -0.134. The van der Waals surface area contributed by atoms with E-state index in [1.165, 1.54) is 11.1 Å². The number of hydrogen-bond donors (Lipinski definition) is 0. The summed E-state index contributed by atoms with van der Waals surface area (Å²) in [5, 5.41) is 0. The molecule has 0 heterocycles. The summed E-state index contributed by atoms with van der Waals surface area (Å²) in [5.41, 5.74) is 10.5. The zero-order valence-corrected chi connectivity index (χ0v) is 28.1. The standard InChI is InChI=1S/C45H37NO4/c1-4-44(47)49-41-27-17-36(18-28-41)43(37-19-29-42(30-20-37)50-45(48)5-2)31-33-13-23-39(24-14-33)46(38-21-11-32(3)12-22-38)40-25-15-35(16-26-40)34-9-7-6-8-10-34/h4,6-31H,1,5H2,2-3H3. The number of ether oxygens (including phenoxy) is 2. The third kappa shape index (κ3) is 8.15. The van der Waals surface area contributed by atoms with Crippen molar-refractivity contribution in [2.45, 2.75) is 20.3 Å². The first-order valence-electron chi connectivity index (χ1n) is 16.5. The summed E-state index contributed by atoms with van der Waals surface area (Å²) in [7, 11) is 0. The third-order valence-electron chi connectivity index (χ3n) is 8.22. The predicted octanol–water partition coefficient (Wildman–Crippen LogP) is 11.1. The number of esters is 2. The minimum Gasteiger partial charge on any atom is -0.427 e. The minimum absolute atomic E-state index is 0.287. The molecule has 5 heteroatoms. The number of aryl methyl sites for hydroxylation is 1. The molecule has 5 nitrogen and oxygen atoms in total. The van der Waals surface area contributed by atoms with Crippen LogP contribution in [-0.2, 0) is 9.59 Å². The molecule has 0 aromatic heterocycles. The largest absolute Gasteiger partial charge is 0.427 e. The summed E-state index contributed by atoms with van der Waals surface area (Å²) in [6.07, 6.45) is 3.55. The molecule has 0 amide bonds. The van der Waals surface area contributed by atoms with Crippen molar-refractivity contribution in [2.24, 2.45) is 0 Å². The van der Waals surface area contributed by atoms with Gasteiger partial charge in [0.1, 0.15) is 11.5 Å². The maximum atomic E-state index is 11.9. The lowest BCUT2D eigenvalue weighted by atomic mass is 9.95. The van der Waals surface area contributed by atoms with Crippen LogP contribution in [-0.4, -0.2) is 11.9 Å². The summed E-state index contributed by atoms with van der Waals surface area (Å²) >= 11 is 0. The zero-order valence-electron chi connectivity index (χ0n) is 28.1. The van der Waals surface area contributed by atoms with Gasteiger partial charge in [-0.2, -0.15) is 0 Å². The van der Waals surface area contributed by atoms with Crippen molar-refractivity contribution in [3.63, 3.8) is 0 Å². The van der Waals surface area contributed by atoms with Crippen LogP contribution in [0.1, 0.15) is 35.6 Å². The van der Waals surface area contributed by atoms with Crippen molar-refractivity contribution < 1.29 is 19.1 Å². The molecule has 0 aliphatic heterocycles. The molecular weight excluding hydrogens is 618 g/mol. The molecule has 0 aliphatic rings. The van der Waals surface area contributed by atoms with Gasteiger partial charge in [-0.05, 0) is 107 Å². The molecule has 0 atom stereocenters. The van der Waals surface area contributed by atoms with Gasteiger partial charge in [-0.1, -0.05) is 110 Å². The lowest BCUT2D eigenvalue weighted by Crippen LogP contribution is -2.09. The molecule has 0 fully saturated rings. The van der Waals surface area contributed by atoms with Crippen LogP contribution in [0.5, 0.6) is 11.5 Å². The fourth-order valence-corrected chi connectivity index (χ4v) is 5.56. The summed E-state index contributed by atoms with van der Waals surface area (Å²) < 4.78 is 10.7. The normalized spacial score (nSPS) is 11.0. The maximum absolute atomic E-state index is 11.9. The fourth-order valence-electron chi connectivity index (χ4n) is 5.56. The Balaban J connectivity index is 1.35. The van der Waals surface area contributed by atoms with E-state index in [4.69, 9.17) is 9.47 Å². The molecule has 0 radical (unpaired) electrons. The van der Waals surface area contributed by atoms with E-state index in [9.17, 15) is 9.59 Å². The molecule has 0 unspecified atom stereocenters. The Hall–Kier alpha value is -6.46. The highest BCUT2D eigenvalue weighted by atomic mass is 16.5. The lowest BCUT2D eigenvalue weighted by Gasteiger charge is -2.26. The Morgan fingerprint density at radius 2 is 1.08 bits per heavy atom. The number of hydrogen-bond acceptors (Lipinski definition) is 5. The quantitative estimate of drug-likeness (QED) is 0.0602. The molecule has 0 saturated carbocycles. The maximum Gasteiger partial charge on any atom is 0.335 e. The molecule has 6 aromatic carbocycles. The molecule has 246 valence electrons. The van der Waals surface area contributed by atoms with Gasteiger partial charge in [0, 0.05) is 29.6 Å². The molecule has 0 spiro atoms. The van der Waals surface area contributed by atoms with Crippen LogP contribution in [0.4, 0.5) is 17.1 Å². The van der Waals surface area contributed by atoms with Gasteiger partial charge in [0.25, 0.3) is 0 Å². The minimum atomic E-state index is -0.516. The van der Waals surface area contributed by atoms with Gasteiger partial charge in [0.15, 0.2) is 0 Å². The van der Waals surface area contributed by atoms with Gasteiger partial charge in [0.2, 0.25) is 0 Å². The average molecular weight is 656 g/mol. The highest BCUT2D eigenvalue weighted by Gasteiger charge is 2.14. The topological polar surface area (TPSA) is 55.8 Å². The predicted molar refractivity (Wildman–Crippen MR) is 203 cm³/mol. The van der Waals surface area contributed by atoms with Crippen LogP contribution >= 0.6 is 0 Å². The first kappa shape index (κ1) is 33.4. The highest BCUT2D eigenvalue weighted by Crippen LogP contribution is 2.37. The SMILES string of the molecule is C=CC(=O)Oc1ccc(C(=Cc2ccc(N(c3ccc(C)cc3)c3ccc(-c4ccccc4)cc3)cc2)c2ccc(OC(=O)CC)cc2)cc1. The second-order valence-electron chi connectivity index (χ2n) is 11.7. The van der Waals surface area contributed by atoms with E-state index >= 15 is 0 Å². The van der Waals surface area contributed by atoms with E-state index < -0.39 is 5.97 Å².